The monoisotopic (exact) mass is 421 g/mol. The number of hydrogen-bond donors (Lipinski definition) is 0. The standard InChI is InChI=1S/C20H15N5O2S2/c1-13-15(9-10-26-13)19-22-23-20(25(19)14-6-3-2-4-7-14)29-12-17-21-18(24-27-17)16-8-5-11-28-16/h2-11H,12H2,1H3. The summed E-state index contributed by atoms with van der Waals surface area (Å²) in [6, 6.07) is 15.8. The summed E-state index contributed by atoms with van der Waals surface area (Å²) < 4.78 is 12.9. The van der Waals surface area contributed by atoms with Crippen LogP contribution in [0.1, 0.15) is 11.7 Å². The molecule has 144 valence electrons. The van der Waals surface area contributed by atoms with Gasteiger partial charge in [-0.2, -0.15) is 4.98 Å². The predicted molar refractivity (Wildman–Crippen MR) is 111 cm³/mol. The van der Waals surface area contributed by atoms with Gasteiger partial charge in [0.1, 0.15) is 5.76 Å². The minimum absolute atomic E-state index is 0.494. The van der Waals surface area contributed by atoms with Crippen molar-refractivity contribution in [1.82, 2.24) is 24.9 Å². The first-order chi connectivity index (χ1) is 14.3. The van der Waals surface area contributed by atoms with E-state index in [1.165, 1.54) is 11.8 Å². The van der Waals surface area contributed by atoms with Gasteiger partial charge in [-0.05, 0) is 36.6 Å². The molecule has 0 fully saturated rings. The average molecular weight is 422 g/mol. The second-order valence-corrected chi connectivity index (χ2v) is 8.04. The van der Waals surface area contributed by atoms with Gasteiger partial charge in [0, 0.05) is 5.69 Å². The molecule has 0 aliphatic heterocycles. The Balaban J connectivity index is 1.46. The van der Waals surface area contributed by atoms with Crippen molar-refractivity contribution in [3.8, 4) is 27.8 Å². The lowest BCUT2D eigenvalue weighted by atomic mass is 10.2. The van der Waals surface area contributed by atoms with Crippen molar-refractivity contribution < 1.29 is 8.94 Å². The summed E-state index contributed by atoms with van der Waals surface area (Å²) >= 11 is 3.07. The molecule has 1 aromatic carbocycles. The van der Waals surface area contributed by atoms with Gasteiger partial charge in [-0.1, -0.05) is 41.2 Å². The van der Waals surface area contributed by atoms with Gasteiger partial charge in [-0.25, -0.2) is 0 Å². The molecule has 0 spiro atoms. The number of aromatic nitrogens is 5. The third kappa shape index (κ3) is 3.50. The number of furan rings is 1. The number of aryl methyl sites for hydroxylation is 1. The molecule has 9 heteroatoms. The summed E-state index contributed by atoms with van der Waals surface area (Å²) in [6.45, 7) is 1.91. The van der Waals surface area contributed by atoms with Gasteiger partial charge in [0.15, 0.2) is 11.0 Å². The number of benzene rings is 1. The summed E-state index contributed by atoms with van der Waals surface area (Å²) in [6.07, 6.45) is 1.66. The summed E-state index contributed by atoms with van der Waals surface area (Å²) in [7, 11) is 0. The van der Waals surface area contributed by atoms with Crippen LogP contribution >= 0.6 is 23.1 Å². The molecule has 4 heterocycles. The smallest absolute Gasteiger partial charge is 0.237 e. The molecule has 0 radical (unpaired) electrons. The number of nitrogens with zero attached hydrogens (tertiary/aromatic N) is 5. The highest BCUT2D eigenvalue weighted by molar-refractivity contribution is 7.98. The van der Waals surface area contributed by atoms with Gasteiger partial charge < -0.3 is 8.94 Å². The van der Waals surface area contributed by atoms with Crippen LogP contribution in [0.5, 0.6) is 0 Å². The van der Waals surface area contributed by atoms with E-state index < -0.39 is 0 Å². The van der Waals surface area contributed by atoms with Gasteiger partial charge in [0.2, 0.25) is 11.7 Å². The molecule has 0 saturated carbocycles. The van der Waals surface area contributed by atoms with E-state index >= 15 is 0 Å². The van der Waals surface area contributed by atoms with Crippen LogP contribution in [0.4, 0.5) is 0 Å². The largest absolute Gasteiger partial charge is 0.469 e. The number of hydrogen-bond acceptors (Lipinski definition) is 8. The van der Waals surface area contributed by atoms with E-state index in [4.69, 9.17) is 8.94 Å². The SMILES string of the molecule is Cc1occc1-c1nnc(SCc2nc(-c3cccs3)no2)n1-c1ccccc1. The normalized spacial score (nSPS) is 11.2. The van der Waals surface area contributed by atoms with E-state index in [9.17, 15) is 0 Å². The number of thioether (sulfide) groups is 1. The minimum atomic E-state index is 0.494. The Morgan fingerprint density at radius 1 is 1.07 bits per heavy atom. The van der Waals surface area contributed by atoms with Gasteiger partial charge >= 0.3 is 0 Å². The zero-order valence-corrected chi connectivity index (χ0v) is 17.0. The number of thiophene rings is 1. The third-order valence-electron chi connectivity index (χ3n) is 4.28. The van der Waals surface area contributed by atoms with Gasteiger partial charge in [-0.15, -0.1) is 21.5 Å². The molecule has 4 aromatic heterocycles. The molecular weight excluding hydrogens is 406 g/mol. The second-order valence-electron chi connectivity index (χ2n) is 6.15. The van der Waals surface area contributed by atoms with E-state index in [1.54, 1.807) is 17.6 Å². The summed E-state index contributed by atoms with van der Waals surface area (Å²) in [4.78, 5) is 5.46. The van der Waals surface area contributed by atoms with Crippen molar-refractivity contribution >= 4 is 23.1 Å². The minimum Gasteiger partial charge on any atom is -0.469 e. The van der Waals surface area contributed by atoms with Crippen LogP contribution in [0.25, 0.3) is 27.8 Å². The molecule has 29 heavy (non-hydrogen) atoms. The van der Waals surface area contributed by atoms with Crippen LogP contribution in [0.2, 0.25) is 0 Å². The maximum Gasteiger partial charge on any atom is 0.237 e. The summed E-state index contributed by atoms with van der Waals surface area (Å²) in [5.74, 6) is 3.17. The van der Waals surface area contributed by atoms with Crippen LogP contribution in [0, 0.1) is 6.92 Å². The quantitative estimate of drug-likeness (QED) is 0.347. The zero-order valence-electron chi connectivity index (χ0n) is 15.3. The Morgan fingerprint density at radius 2 is 1.97 bits per heavy atom. The highest BCUT2D eigenvalue weighted by atomic mass is 32.2. The Morgan fingerprint density at radius 3 is 2.72 bits per heavy atom. The Hall–Kier alpha value is -3.17. The van der Waals surface area contributed by atoms with Crippen molar-refractivity contribution in [3.05, 3.63) is 71.8 Å². The third-order valence-corrected chi connectivity index (χ3v) is 6.06. The predicted octanol–water partition coefficient (Wildman–Crippen LogP) is 5.24. The van der Waals surface area contributed by atoms with E-state index in [1.807, 2.05) is 65.4 Å². The van der Waals surface area contributed by atoms with Crippen LogP contribution in [-0.4, -0.2) is 24.9 Å². The van der Waals surface area contributed by atoms with Crippen molar-refractivity contribution in [3.63, 3.8) is 0 Å². The molecular formula is C20H15N5O2S2. The molecule has 5 rings (SSSR count). The van der Waals surface area contributed by atoms with E-state index in [0.717, 1.165) is 32.9 Å². The lowest BCUT2D eigenvalue weighted by Crippen LogP contribution is -1.99. The lowest BCUT2D eigenvalue weighted by molar-refractivity contribution is 0.391. The fourth-order valence-corrected chi connectivity index (χ4v) is 4.35. The molecule has 0 bridgehead atoms. The highest BCUT2D eigenvalue weighted by Gasteiger charge is 2.20. The van der Waals surface area contributed by atoms with Gasteiger partial charge in [0.25, 0.3) is 0 Å². The summed E-state index contributed by atoms with van der Waals surface area (Å²) in [5, 5.41) is 15.6. The first-order valence-corrected chi connectivity index (χ1v) is 10.7. The van der Waals surface area contributed by atoms with E-state index in [2.05, 4.69) is 20.3 Å². The topological polar surface area (TPSA) is 82.8 Å². The van der Waals surface area contributed by atoms with E-state index in [0.29, 0.717) is 17.5 Å². The number of para-hydroxylation sites is 1. The van der Waals surface area contributed by atoms with Gasteiger partial charge in [-0.3, -0.25) is 4.57 Å². The zero-order chi connectivity index (χ0) is 19.6. The Bertz CT molecular complexity index is 1230. The van der Waals surface area contributed by atoms with Crippen LogP contribution in [0.15, 0.2) is 74.3 Å². The number of rotatable bonds is 6. The average Bonchev–Trinajstić information content (AvgIpc) is 3.52. The molecule has 7 nitrogen and oxygen atoms in total. The van der Waals surface area contributed by atoms with E-state index in [-0.39, 0.29) is 0 Å². The lowest BCUT2D eigenvalue weighted by Gasteiger charge is -2.09. The maximum atomic E-state index is 5.47. The van der Waals surface area contributed by atoms with Crippen LogP contribution in [-0.2, 0) is 5.75 Å². The fourth-order valence-electron chi connectivity index (χ4n) is 2.91. The first kappa shape index (κ1) is 17.9. The maximum absolute atomic E-state index is 5.47. The summed E-state index contributed by atoms with van der Waals surface area (Å²) in [5.41, 5.74) is 1.88. The molecule has 0 aliphatic rings. The first-order valence-electron chi connectivity index (χ1n) is 8.84. The molecule has 0 amide bonds. The van der Waals surface area contributed by atoms with Crippen molar-refractivity contribution in [2.45, 2.75) is 17.8 Å². The molecule has 0 unspecified atom stereocenters. The molecule has 0 aliphatic carbocycles. The van der Waals surface area contributed by atoms with Gasteiger partial charge in [0.05, 0.1) is 22.5 Å². The second kappa shape index (κ2) is 7.69. The molecule has 0 saturated heterocycles. The highest BCUT2D eigenvalue weighted by Crippen LogP contribution is 2.31. The fraction of sp³-hybridized carbons (Fsp3) is 0.100. The molecule has 0 N–H and O–H groups in total. The Kier molecular flexibility index (Phi) is 4.74. The molecule has 5 aromatic rings. The van der Waals surface area contributed by atoms with Crippen LogP contribution < -0.4 is 0 Å². The molecule has 0 atom stereocenters. The van der Waals surface area contributed by atoms with Crippen molar-refractivity contribution in [2.75, 3.05) is 0 Å². The van der Waals surface area contributed by atoms with Crippen molar-refractivity contribution in [1.29, 1.82) is 0 Å². The van der Waals surface area contributed by atoms with Crippen LogP contribution in [0.3, 0.4) is 0 Å². The Labute approximate surface area is 174 Å². The van der Waals surface area contributed by atoms with Crippen molar-refractivity contribution in [2.24, 2.45) is 0 Å².